The lowest BCUT2D eigenvalue weighted by atomic mass is 10.1. The molecule has 0 radical (unpaired) electrons. The number of allylic oxidation sites excluding steroid dienone is 1. The van der Waals surface area contributed by atoms with Crippen molar-refractivity contribution >= 4 is 28.7 Å². The molecule has 0 spiro atoms. The summed E-state index contributed by atoms with van der Waals surface area (Å²) >= 11 is 0. The Morgan fingerprint density at radius 3 is 2.29 bits per heavy atom. The van der Waals surface area contributed by atoms with Crippen molar-refractivity contribution in [1.29, 1.82) is 0 Å². The fourth-order valence-electron chi connectivity index (χ4n) is 4.12. The average molecular weight is 555 g/mol. The summed E-state index contributed by atoms with van der Waals surface area (Å²) in [5, 5.41) is 12.2. The van der Waals surface area contributed by atoms with Crippen LogP contribution in [-0.2, 0) is 9.59 Å². The number of rotatable bonds is 8. The van der Waals surface area contributed by atoms with Gasteiger partial charge in [-0.1, -0.05) is 6.07 Å². The Balaban J connectivity index is 1.36. The lowest BCUT2D eigenvalue weighted by molar-refractivity contribution is -0.118. The van der Waals surface area contributed by atoms with Crippen molar-refractivity contribution in [2.24, 2.45) is 0 Å². The van der Waals surface area contributed by atoms with Crippen molar-refractivity contribution < 1.29 is 23.1 Å². The zero-order chi connectivity index (χ0) is 28.9. The number of benzene rings is 2. The average Bonchev–Trinajstić information content (AvgIpc) is 3.41. The van der Waals surface area contributed by atoms with E-state index in [4.69, 9.17) is 4.74 Å². The Kier molecular flexibility index (Phi) is 7.68. The number of fused-ring (bicyclic) bond motifs is 1. The van der Waals surface area contributed by atoms with Crippen LogP contribution in [0.5, 0.6) is 11.5 Å². The van der Waals surface area contributed by atoms with Crippen LogP contribution in [0.3, 0.4) is 0 Å². The molecule has 0 bridgehead atoms. The van der Waals surface area contributed by atoms with Gasteiger partial charge in [0.25, 0.3) is 11.8 Å². The Hall–Kier alpha value is -5.58. The first-order valence-electron chi connectivity index (χ1n) is 12.4. The third-order valence-electron chi connectivity index (χ3n) is 6.21. The lowest BCUT2D eigenvalue weighted by Gasteiger charge is -2.14. The molecular weight excluding hydrogens is 530 g/mol. The molecule has 3 heterocycles. The topological polar surface area (TPSA) is 110 Å². The van der Waals surface area contributed by atoms with Crippen molar-refractivity contribution in [3.63, 3.8) is 0 Å². The normalized spacial score (nSPS) is 11.5. The molecule has 0 fully saturated rings. The van der Waals surface area contributed by atoms with Gasteiger partial charge in [-0.25, -0.2) is 13.3 Å². The first-order valence-corrected chi connectivity index (χ1v) is 12.4. The van der Waals surface area contributed by atoms with Crippen LogP contribution in [0.2, 0.25) is 0 Å². The Morgan fingerprint density at radius 2 is 1.61 bits per heavy atom. The molecule has 0 saturated heterocycles. The monoisotopic (exact) mass is 554 g/mol. The summed E-state index contributed by atoms with van der Waals surface area (Å²) in [7, 11) is 1.56. The van der Waals surface area contributed by atoms with Crippen LogP contribution in [0, 0.1) is 11.6 Å². The summed E-state index contributed by atoms with van der Waals surface area (Å²) in [6.07, 6.45) is 6.69. The molecule has 5 aromatic rings. The predicted octanol–water partition coefficient (Wildman–Crippen LogP) is 5.54. The van der Waals surface area contributed by atoms with E-state index in [1.165, 1.54) is 42.6 Å². The van der Waals surface area contributed by atoms with E-state index in [0.717, 1.165) is 17.2 Å². The Morgan fingerprint density at radius 1 is 0.878 bits per heavy atom. The van der Waals surface area contributed by atoms with Gasteiger partial charge in [-0.05, 0) is 55.5 Å². The Labute approximate surface area is 233 Å². The number of hydrogen-bond acceptors (Lipinski definition) is 6. The van der Waals surface area contributed by atoms with Gasteiger partial charge in [0.05, 0.1) is 6.20 Å². The van der Waals surface area contributed by atoms with E-state index in [1.54, 1.807) is 43.1 Å². The van der Waals surface area contributed by atoms with E-state index in [-0.39, 0.29) is 22.7 Å². The second-order valence-electron chi connectivity index (χ2n) is 8.87. The molecule has 206 valence electrons. The number of hydrogen-bond donors (Lipinski definition) is 3. The highest BCUT2D eigenvalue weighted by molar-refractivity contribution is 6.26. The van der Waals surface area contributed by atoms with E-state index in [0.29, 0.717) is 17.0 Å². The van der Waals surface area contributed by atoms with Gasteiger partial charge < -0.3 is 20.7 Å². The largest absolute Gasteiger partial charge is 0.452 e. The molecule has 0 saturated carbocycles. The third-order valence-corrected chi connectivity index (χ3v) is 6.21. The highest BCUT2D eigenvalue weighted by Gasteiger charge is 2.22. The van der Waals surface area contributed by atoms with E-state index in [9.17, 15) is 14.0 Å². The molecule has 2 aromatic carbocycles. The molecule has 2 amide bonds. The standard InChI is InChI=1S/C30H24F2N6O3/c1-18(33-2)27(29(39)36-21-7-5-20(31)6-8-21)30(40)37-22-9-10-25(24(32)16-22)41-26-11-14-35-38-15-12-23(28(26)38)19-4-3-13-34-17-19/h3-17,33H,1-2H3,(H,36,39)(H,37,40)/b27-18+. The van der Waals surface area contributed by atoms with Gasteiger partial charge in [0.2, 0.25) is 0 Å². The minimum Gasteiger partial charge on any atom is -0.452 e. The lowest BCUT2D eigenvalue weighted by Crippen LogP contribution is -2.29. The number of amides is 2. The fraction of sp³-hybridized carbons (Fsp3) is 0.0667. The summed E-state index contributed by atoms with van der Waals surface area (Å²) < 4.78 is 36.0. The molecule has 0 aliphatic heterocycles. The highest BCUT2D eigenvalue weighted by Crippen LogP contribution is 2.35. The van der Waals surface area contributed by atoms with Gasteiger partial charge in [0, 0.05) is 66.0 Å². The first-order chi connectivity index (χ1) is 19.8. The number of carbonyl (C=O) groups excluding carboxylic acids is 2. The number of halogens is 2. The van der Waals surface area contributed by atoms with Crippen molar-refractivity contribution in [3.8, 4) is 22.6 Å². The molecule has 11 heteroatoms. The van der Waals surface area contributed by atoms with Gasteiger partial charge >= 0.3 is 0 Å². The maximum atomic E-state index is 15.2. The van der Waals surface area contributed by atoms with Gasteiger partial charge in [0.1, 0.15) is 16.9 Å². The number of ether oxygens (including phenoxy) is 1. The molecule has 3 aromatic heterocycles. The van der Waals surface area contributed by atoms with Crippen LogP contribution < -0.4 is 20.7 Å². The zero-order valence-corrected chi connectivity index (χ0v) is 22.0. The van der Waals surface area contributed by atoms with Crippen molar-refractivity contribution in [2.75, 3.05) is 17.7 Å². The van der Waals surface area contributed by atoms with Crippen LogP contribution in [0.15, 0.2) is 103 Å². The number of nitrogens with zero attached hydrogens (tertiary/aromatic N) is 3. The summed E-state index contributed by atoms with van der Waals surface area (Å²) in [6, 6.07) is 16.2. The summed E-state index contributed by atoms with van der Waals surface area (Å²) in [5.41, 5.74) is 2.74. The van der Waals surface area contributed by atoms with E-state index >= 15 is 4.39 Å². The third kappa shape index (κ3) is 5.88. The smallest absolute Gasteiger partial charge is 0.263 e. The molecule has 3 N–H and O–H groups in total. The predicted molar refractivity (Wildman–Crippen MR) is 150 cm³/mol. The molecule has 41 heavy (non-hydrogen) atoms. The highest BCUT2D eigenvalue weighted by atomic mass is 19.1. The SMILES string of the molecule is CN/C(C)=C(\C(=O)Nc1ccc(F)cc1)C(=O)Nc1ccc(Oc2ccnn3ccc(-c4cccnc4)c23)c(F)c1. The van der Waals surface area contributed by atoms with Crippen molar-refractivity contribution in [3.05, 3.63) is 114 Å². The second kappa shape index (κ2) is 11.7. The molecule has 0 atom stereocenters. The minimum atomic E-state index is -0.769. The molecule has 0 unspecified atom stereocenters. The van der Waals surface area contributed by atoms with Gasteiger partial charge in [-0.2, -0.15) is 5.10 Å². The number of aromatic nitrogens is 3. The quantitative estimate of drug-likeness (QED) is 0.132. The molecule has 0 aliphatic carbocycles. The summed E-state index contributed by atoms with van der Waals surface area (Å²) in [6.45, 7) is 1.55. The number of pyridine rings is 1. The molecule has 0 aliphatic rings. The van der Waals surface area contributed by atoms with Crippen LogP contribution in [-0.4, -0.2) is 33.5 Å². The van der Waals surface area contributed by atoms with Crippen LogP contribution in [0.4, 0.5) is 20.2 Å². The minimum absolute atomic E-state index is 0.0781. The zero-order valence-electron chi connectivity index (χ0n) is 22.0. The Bertz CT molecular complexity index is 1770. The number of nitrogens with one attached hydrogen (secondary N) is 3. The first kappa shape index (κ1) is 27.0. The van der Waals surface area contributed by atoms with Crippen molar-refractivity contribution in [2.45, 2.75) is 6.92 Å². The van der Waals surface area contributed by atoms with Crippen LogP contribution in [0.1, 0.15) is 6.92 Å². The maximum absolute atomic E-state index is 15.2. The van der Waals surface area contributed by atoms with Crippen LogP contribution >= 0.6 is 0 Å². The summed E-state index contributed by atoms with van der Waals surface area (Å²) in [4.78, 5) is 30.1. The summed E-state index contributed by atoms with van der Waals surface area (Å²) in [5.74, 6) is -2.40. The molecule has 5 rings (SSSR count). The van der Waals surface area contributed by atoms with Crippen LogP contribution in [0.25, 0.3) is 16.6 Å². The van der Waals surface area contributed by atoms with Gasteiger partial charge in [-0.15, -0.1) is 0 Å². The number of carbonyl (C=O) groups is 2. The maximum Gasteiger partial charge on any atom is 0.263 e. The fourth-order valence-corrected chi connectivity index (χ4v) is 4.12. The van der Waals surface area contributed by atoms with Gasteiger partial charge in [0.15, 0.2) is 17.3 Å². The van der Waals surface area contributed by atoms with E-state index in [1.807, 2.05) is 18.2 Å². The van der Waals surface area contributed by atoms with Crippen molar-refractivity contribution in [1.82, 2.24) is 19.9 Å². The van der Waals surface area contributed by atoms with E-state index in [2.05, 4.69) is 26.0 Å². The second-order valence-corrected chi connectivity index (χ2v) is 8.87. The molecule has 9 nitrogen and oxygen atoms in total. The molecular formula is C30H24F2N6O3. The van der Waals surface area contributed by atoms with E-state index < -0.39 is 23.4 Å². The number of anilines is 2. The van der Waals surface area contributed by atoms with Gasteiger partial charge in [-0.3, -0.25) is 14.6 Å².